The molecule has 0 aliphatic rings. The van der Waals surface area contributed by atoms with Gasteiger partial charge in [0.1, 0.15) is 11.2 Å². The van der Waals surface area contributed by atoms with E-state index in [1.807, 2.05) is 12.1 Å². The van der Waals surface area contributed by atoms with Gasteiger partial charge in [-0.05, 0) is 83.1 Å². The lowest BCUT2D eigenvalue weighted by Crippen LogP contribution is -1.92. The maximum atomic E-state index is 6.24. The van der Waals surface area contributed by atoms with Gasteiger partial charge in [-0.15, -0.1) is 0 Å². The fraction of sp³-hybridized carbons (Fsp3) is 0.0526. The molecule has 0 saturated heterocycles. The number of anilines is 2. The lowest BCUT2D eigenvalue weighted by atomic mass is 9.91. The maximum Gasteiger partial charge on any atom is 0.143 e. The summed E-state index contributed by atoms with van der Waals surface area (Å²) in [5.41, 5.74) is 13.8. The van der Waals surface area contributed by atoms with Crippen LogP contribution in [0.5, 0.6) is 0 Å². The Morgan fingerprint density at radius 2 is 1.00 bits per heavy atom. The van der Waals surface area contributed by atoms with Gasteiger partial charge in [0.2, 0.25) is 0 Å². The number of fused-ring (bicyclic) bond motifs is 3. The molecule has 1 heterocycles. The monoisotopic (exact) mass is 515 g/mol. The highest BCUT2D eigenvalue weighted by molar-refractivity contribution is 6.09. The molecule has 2 heteroatoms. The standard InChI is InChI=1S/C38H29NO/c1-25-9-3-4-10-31(25)33-13-7-12-32(26(33)2)27-17-21-29(22-18-27)39-30-23-19-28(20-24-30)34-14-8-15-36-35-11-5-6-16-37(35)40-38(34)36/h3-24,39H,1-2H3. The van der Waals surface area contributed by atoms with Gasteiger partial charge in [0, 0.05) is 27.7 Å². The third kappa shape index (κ3) is 4.24. The van der Waals surface area contributed by atoms with Crippen molar-refractivity contribution in [2.24, 2.45) is 0 Å². The number of nitrogens with one attached hydrogen (secondary N) is 1. The van der Waals surface area contributed by atoms with Gasteiger partial charge in [0.15, 0.2) is 0 Å². The summed E-state index contributed by atoms with van der Waals surface area (Å²) in [5.74, 6) is 0. The van der Waals surface area contributed by atoms with Crippen molar-refractivity contribution in [3.63, 3.8) is 0 Å². The largest absolute Gasteiger partial charge is 0.455 e. The summed E-state index contributed by atoms with van der Waals surface area (Å²) in [6, 6.07) is 47.0. The molecule has 2 nitrogen and oxygen atoms in total. The molecule has 0 atom stereocenters. The molecule has 40 heavy (non-hydrogen) atoms. The zero-order chi connectivity index (χ0) is 27.1. The molecule has 0 unspecified atom stereocenters. The molecule has 0 bridgehead atoms. The van der Waals surface area contributed by atoms with Gasteiger partial charge in [-0.2, -0.15) is 0 Å². The van der Waals surface area contributed by atoms with Crippen LogP contribution in [0, 0.1) is 13.8 Å². The van der Waals surface area contributed by atoms with Crippen LogP contribution < -0.4 is 5.32 Å². The van der Waals surface area contributed by atoms with E-state index in [4.69, 9.17) is 4.42 Å². The molecular formula is C38H29NO. The van der Waals surface area contributed by atoms with Gasteiger partial charge in [0.05, 0.1) is 0 Å². The van der Waals surface area contributed by atoms with Crippen LogP contribution in [0.25, 0.3) is 55.3 Å². The summed E-state index contributed by atoms with van der Waals surface area (Å²) in [5, 5.41) is 5.86. The Bertz CT molecular complexity index is 1980. The molecule has 0 aliphatic heterocycles. The minimum absolute atomic E-state index is 0.920. The predicted molar refractivity (Wildman–Crippen MR) is 169 cm³/mol. The summed E-state index contributed by atoms with van der Waals surface area (Å²) in [6.07, 6.45) is 0. The molecule has 0 saturated carbocycles. The Morgan fingerprint density at radius 3 is 1.75 bits per heavy atom. The van der Waals surface area contributed by atoms with Crippen molar-refractivity contribution in [3.05, 3.63) is 145 Å². The molecule has 0 amide bonds. The van der Waals surface area contributed by atoms with E-state index in [1.54, 1.807) is 0 Å². The minimum atomic E-state index is 0.920. The Labute approximate surface area is 234 Å². The highest BCUT2D eigenvalue weighted by atomic mass is 16.3. The Kier molecular flexibility index (Phi) is 5.94. The third-order valence-electron chi connectivity index (χ3n) is 7.85. The number of hydrogen-bond acceptors (Lipinski definition) is 2. The highest BCUT2D eigenvalue weighted by Crippen LogP contribution is 2.37. The molecule has 6 aromatic carbocycles. The number of aryl methyl sites for hydroxylation is 1. The molecule has 1 N–H and O–H groups in total. The highest BCUT2D eigenvalue weighted by Gasteiger charge is 2.12. The van der Waals surface area contributed by atoms with E-state index in [9.17, 15) is 0 Å². The van der Waals surface area contributed by atoms with Crippen LogP contribution in [0.15, 0.2) is 138 Å². The van der Waals surface area contributed by atoms with Crippen molar-refractivity contribution in [3.8, 4) is 33.4 Å². The van der Waals surface area contributed by atoms with Crippen LogP contribution in [-0.2, 0) is 0 Å². The first-order chi connectivity index (χ1) is 19.7. The molecule has 192 valence electrons. The molecule has 1 aromatic heterocycles. The van der Waals surface area contributed by atoms with Crippen LogP contribution in [0.4, 0.5) is 11.4 Å². The van der Waals surface area contributed by atoms with Gasteiger partial charge in [0.25, 0.3) is 0 Å². The van der Waals surface area contributed by atoms with Gasteiger partial charge < -0.3 is 9.73 Å². The first-order valence-corrected chi connectivity index (χ1v) is 13.7. The topological polar surface area (TPSA) is 25.2 Å². The van der Waals surface area contributed by atoms with E-state index in [2.05, 4.69) is 140 Å². The predicted octanol–water partition coefficient (Wildman–Crippen LogP) is 10.9. The first-order valence-electron chi connectivity index (χ1n) is 13.7. The average molecular weight is 516 g/mol. The normalized spacial score (nSPS) is 11.2. The van der Waals surface area contributed by atoms with Crippen LogP contribution in [0.3, 0.4) is 0 Å². The average Bonchev–Trinajstić information content (AvgIpc) is 3.38. The van der Waals surface area contributed by atoms with Crippen molar-refractivity contribution in [2.45, 2.75) is 13.8 Å². The molecular weight excluding hydrogens is 486 g/mol. The zero-order valence-corrected chi connectivity index (χ0v) is 22.6. The van der Waals surface area contributed by atoms with Crippen LogP contribution in [-0.4, -0.2) is 0 Å². The van der Waals surface area contributed by atoms with E-state index in [1.165, 1.54) is 33.4 Å². The fourth-order valence-electron chi connectivity index (χ4n) is 5.72. The maximum absolute atomic E-state index is 6.24. The van der Waals surface area contributed by atoms with E-state index < -0.39 is 0 Å². The Morgan fingerprint density at radius 1 is 0.450 bits per heavy atom. The van der Waals surface area contributed by atoms with Crippen molar-refractivity contribution in [2.75, 3.05) is 5.32 Å². The van der Waals surface area contributed by atoms with Crippen LogP contribution in [0.2, 0.25) is 0 Å². The van der Waals surface area contributed by atoms with Crippen molar-refractivity contribution < 1.29 is 4.42 Å². The minimum Gasteiger partial charge on any atom is -0.455 e. The van der Waals surface area contributed by atoms with Gasteiger partial charge >= 0.3 is 0 Å². The smallest absolute Gasteiger partial charge is 0.143 e. The van der Waals surface area contributed by atoms with Gasteiger partial charge in [-0.25, -0.2) is 0 Å². The molecule has 7 aromatic rings. The second-order valence-electron chi connectivity index (χ2n) is 10.4. The second kappa shape index (κ2) is 9.91. The molecule has 0 spiro atoms. The fourth-order valence-corrected chi connectivity index (χ4v) is 5.72. The van der Waals surface area contributed by atoms with E-state index in [0.717, 1.165) is 44.4 Å². The first kappa shape index (κ1) is 24.0. The van der Waals surface area contributed by atoms with E-state index >= 15 is 0 Å². The number of rotatable bonds is 5. The molecule has 0 radical (unpaired) electrons. The van der Waals surface area contributed by atoms with E-state index in [0.29, 0.717) is 0 Å². The summed E-state index contributed by atoms with van der Waals surface area (Å²) >= 11 is 0. The molecule has 0 aliphatic carbocycles. The second-order valence-corrected chi connectivity index (χ2v) is 10.4. The number of para-hydroxylation sites is 2. The van der Waals surface area contributed by atoms with Crippen LogP contribution in [0.1, 0.15) is 11.1 Å². The van der Waals surface area contributed by atoms with Crippen molar-refractivity contribution in [1.82, 2.24) is 0 Å². The lowest BCUT2D eigenvalue weighted by molar-refractivity contribution is 0.670. The number of hydrogen-bond donors (Lipinski definition) is 1. The Hall–Kier alpha value is -5.08. The van der Waals surface area contributed by atoms with Gasteiger partial charge in [-0.1, -0.05) is 103 Å². The summed E-state index contributed by atoms with van der Waals surface area (Å²) in [4.78, 5) is 0. The van der Waals surface area contributed by atoms with Crippen LogP contribution >= 0.6 is 0 Å². The number of furan rings is 1. The number of benzene rings is 6. The lowest BCUT2D eigenvalue weighted by Gasteiger charge is -2.14. The Balaban J connectivity index is 1.13. The van der Waals surface area contributed by atoms with E-state index in [-0.39, 0.29) is 0 Å². The molecule has 0 fully saturated rings. The van der Waals surface area contributed by atoms with Crippen molar-refractivity contribution >= 4 is 33.3 Å². The quantitative estimate of drug-likeness (QED) is 0.247. The summed E-state index contributed by atoms with van der Waals surface area (Å²) in [6.45, 7) is 4.39. The SMILES string of the molecule is Cc1ccccc1-c1cccc(-c2ccc(Nc3ccc(-c4cccc5c4oc4ccccc45)cc3)cc2)c1C. The van der Waals surface area contributed by atoms with Crippen molar-refractivity contribution in [1.29, 1.82) is 0 Å². The summed E-state index contributed by atoms with van der Waals surface area (Å²) in [7, 11) is 0. The third-order valence-corrected chi connectivity index (χ3v) is 7.85. The molecule has 7 rings (SSSR count). The van der Waals surface area contributed by atoms with Gasteiger partial charge in [-0.3, -0.25) is 0 Å². The zero-order valence-electron chi connectivity index (χ0n) is 22.6. The summed E-state index contributed by atoms with van der Waals surface area (Å²) < 4.78 is 6.24.